The summed E-state index contributed by atoms with van der Waals surface area (Å²) in [5.41, 5.74) is 3.72. The minimum atomic E-state index is 0.398. The summed E-state index contributed by atoms with van der Waals surface area (Å²) in [5, 5.41) is 1.25. The van der Waals surface area contributed by atoms with Crippen molar-refractivity contribution in [2.75, 3.05) is 7.11 Å². The fourth-order valence-electron chi connectivity index (χ4n) is 2.72. The van der Waals surface area contributed by atoms with Gasteiger partial charge in [0.2, 0.25) is 0 Å². The van der Waals surface area contributed by atoms with E-state index in [9.17, 15) is 0 Å². The maximum atomic E-state index is 5.36. The predicted molar refractivity (Wildman–Crippen MR) is 84.3 cm³/mol. The summed E-state index contributed by atoms with van der Waals surface area (Å²) in [6.45, 7) is 4.43. The van der Waals surface area contributed by atoms with Gasteiger partial charge in [-0.05, 0) is 37.6 Å². The van der Waals surface area contributed by atoms with E-state index in [1.165, 1.54) is 22.2 Å². The van der Waals surface area contributed by atoms with Crippen LogP contribution in [0.4, 0.5) is 0 Å². The van der Waals surface area contributed by atoms with E-state index in [-0.39, 0.29) is 0 Å². The fourth-order valence-corrected chi connectivity index (χ4v) is 2.72. The first-order valence-electron chi connectivity index (χ1n) is 6.95. The lowest BCUT2D eigenvalue weighted by Gasteiger charge is -2.15. The van der Waals surface area contributed by atoms with Crippen LogP contribution in [0.5, 0.6) is 5.75 Å². The van der Waals surface area contributed by atoms with Crippen LogP contribution in [0.15, 0.2) is 54.6 Å². The Morgan fingerprint density at radius 3 is 2.35 bits per heavy atom. The minimum Gasteiger partial charge on any atom is -0.497 e. The number of benzene rings is 2. The largest absolute Gasteiger partial charge is 0.497 e. The SMILES string of the molecule is COc1ccc2cc(-c3ccccc3)n(C(C)C)c2c1. The zero-order chi connectivity index (χ0) is 14.1. The van der Waals surface area contributed by atoms with Crippen molar-refractivity contribution < 1.29 is 4.74 Å². The Bertz CT molecular complexity index is 726. The molecule has 102 valence electrons. The molecule has 0 amide bonds. The van der Waals surface area contributed by atoms with Crippen molar-refractivity contribution in [3.05, 3.63) is 54.6 Å². The van der Waals surface area contributed by atoms with E-state index in [0.29, 0.717) is 6.04 Å². The van der Waals surface area contributed by atoms with Crippen LogP contribution in [-0.2, 0) is 0 Å². The first kappa shape index (κ1) is 12.8. The van der Waals surface area contributed by atoms with Crippen molar-refractivity contribution in [3.8, 4) is 17.0 Å². The standard InChI is InChI=1S/C18H19NO/c1-13(2)19-17(14-7-5-4-6-8-14)11-15-9-10-16(20-3)12-18(15)19/h4-13H,1-3H3. The Hall–Kier alpha value is -2.22. The van der Waals surface area contributed by atoms with Gasteiger partial charge in [-0.3, -0.25) is 0 Å². The highest BCUT2D eigenvalue weighted by Crippen LogP contribution is 2.33. The van der Waals surface area contributed by atoms with Gasteiger partial charge in [-0.25, -0.2) is 0 Å². The molecule has 0 atom stereocenters. The maximum Gasteiger partial charge on any atom is 0.120 e. The van der Waals surface area contributed by atoms with E-state index in [0.717, 1.165) is 5.75 Å². The van der Waals surface area contributed by atoms with Crippen molar-refractivity contribution in [1.82, 2.24) is 4.57 Å². The average molecular weight is 265 g/mol. The number of rotatable bonds is 3. The van der Waals surface area contributed by atoms with E-state index in [1.807, 2.05) is 6.07 Å². The van der Waals surface area contributed by atoms with Crippen LogP contribution in [0.1, 0.15) is 19.9 Å². The summed E-state index contributed by atoms with van der Waals surface area (Å²) >= 11 is 0. The molecule has 2 nitrogen and oxygen atoms in total. The van der Waals surface area contributed by atoms with E-state index >= 15 is 0 Å². The van der Waals surface area contributed by atoms with Gasteiger partial charge in [-0.15, -0.1) is 0 Å². The van der Waals surface area contributed by atoms with Gasteiger partial charge in [0, 0.05) is 23.2 Å². The minimum absolute atomic E-state index is 0.398. The third-order valence-corrected chi connectivity index (χ3v) is 3.63. The van der Waals surface area contributed by atoms with Crippen LogP contribution in [0.2, 0.25) is 0 Å². The molecule has 0 saturated carbocycles. The van der Waals surface area contributed by atoms with Gasteiger partial charge < -0.3 is 9.30 Å². The molecule has 1 heterocycles. The molecule has 0 bridgehead atoms. The summed E-state index contributed by atoms with van der Waals surface area (Å²) in [7, 11) is 1.71. The van der Waals surface area contributed by atoms with E-state index in [4.69, 9.17) is 4.74 Å². The molecule has 2 aromatic carbocycles. The molecular formula is C18H19NO. The van der Waals surface area contributed by atoms with E-state index < -0.39 is 0 Å². The number of hydrogen-bond donors (Lipinski definition) is 0. The summed E-state index contributed by atoms with van der Waals surface area (Å²) in [4.78, 5) is 0. The van der Waals surface area contributed by atoms with Gasteiger partial charge in [0.25, 0.3) is 0 Å². The zero-order valence-electron chi connectivity index (χ0n) is 12.1. The van der Waals surface area contributed by atoms with Crippen LogP contribution >= 0.6 is 0 Å². The molecule has 0 saturated heterocycles. The topological polar surface area (TPSA) is 14.2 Å². The smallest absolute Gasteiger partial charge is 0.120 e. The molecule has 0 aliphatic carbocycles. The third-order valence-electron chi connectivity index (χ3n) is 3.63. The molecule has 0 spiro atoms. The van der Waals surface area contributed by atoms with E-state index in [1.54, 1.807) is 7.11 Å². The molecule has 0 unspecified atom stereocenters. The highest BCUT2D eigenvalue weighted by Gasteiger charge is 2.13. The second kappa shape index (κ2) is 5.04. The molecule has 0 aliphatic heterocycles. The number of nitrogens with zero attached hydrogens (tertiary/aromatic N) is 1. The molecular weight excluding hydrogens is 246 g/mol. The van der Waals surface area contributed by atoms with Crippen LogP contribution in [-0.4, -0.2) is 11.7 Å². The summed E-state index contributed by atoms with van der Waals surface area (Å²) in [6, 6.07) is 19.4. The quantitative estimate of drug-likeness (QED) is 0.657. The lowest BCUT2D eigenvalue weighted by molar-refractivity contribution is 0.415. The molecule has 0 aliphatic rings. The third kappa shape index (κ3) is 2.07. The Kier molecular flexibility index (Phi) is 3.23. The first-order valence-corrected chi connectivity index (χ1v) is 6.95. The van der Waals surface area contributed by atoms with Crippen LogP contribution < -0.4 is 4.74 Å². The van der Waals surface area contributed by atoms with Gasteiger partial charge in [-0.1, -0.05) is 30.3 Å². The zero-order valence-corrected chi connectivity index (χ0v) is 12.1. The normalized spacial score (nSPS) is 11.2. The molecule has 3 aromatic rings. The summed E-state index contributed by atoms with van der Waals surface area (Å²) in [6.07, 6.45) is 0. The number of ether oxygens (including phenoxy) is 1. The molecule has 3 rings (SSSR count). The average Bonchev–Trinajstić information content (AvgIpc) is 2.86. The second-order valence-electron chi connectivity index (χ2n) is 5.28. The molecule has 0 radical (unpaired) electrons. The first-order chi connectivity index (χ1) is 9.70. The number of fused-ring (bicyclic) bond motifs is 1. The van der Waals surface area contributed by atoms with Crippen molar-refractivity contribution in [2.45, 2.75) is 19.9 Å². The van der Waals surface area contributed by atoms with Crippen molar-refractivity contribution in [2.24, 2.45) is 0 Å². The molecule has 0 fully saturated rings. The van der Waals surface area contributed by atoms with Crippen molar-refractivity contribution >= 4 is 10.9 Å². The van der Waals surface area contributed by atoms with Crippen LogP contribution in [0.3, 0.4) is 0 Å². The van der Waals surface area contributed by atoms with Crippen molar-refractivity contribution in [3.63, 3.8) is 0 Å². The predicted octanol–water partition coefficient (Wildman–Crippen LogP) is 4.90. The van der Waals surface area contributed by atoms with Gasteiger partial charge >= 0.3 is 0 Å². The van der Waals surface area contributed by atoms with E-state index in [2.05, 4.69) is 66.9 Å². The Balaban J connectivity index is 2.29. The maximum absolute atomic E-state index is 5.36. The van der Waals surface area contributed by atoms with Crippen LogP contribution in [0, 0.1) is 0 Å². The Labute approximate surface area is 119 Å². The monoisotopic (exact) mass is 265 g/mol. The van der Waals surface area contributed by atoms with Gasteiger partial charge in [0.05, 0.1) is 12.6 Å². The van der Waals surface area contributed by atoms with Gasteiger partial charge in [-0.2, -0.15) is 0 Å². The second-order valence-corrected chi connectivity index (χ2v) is 5.28. The number of methoxy groups -OCH3 is 1. The molecule has 0 N–H and O–H groups in total. The van der Waals surface area contributed by atoms with Gasteiger partial charge in [0.15, 0.2) is 0 Å². The fraction of sp³-hybridized carbons (Fsp3) is 0.222. The molecule has 1 aromatic heterocycles. The molecule has 20 heavy (non-hydrogen) atoms. The Morgan fingerprint density at radius 1 is 0.950 bits per heavy atom. The number of aromatic nitrogens is 1. The highest BCUT2D eigenvalue weighted by atomic mass is 16.5. The number of hydrogen-bond acceptors (Lipinski definition) is 1. The summed E-state index contributed by atoms with van der Waals surface area (Å²) in [5.74, 6) is 0.900. The van der Waals surface area contributed by atoms with Gasteiger partial charge in [0.1, 0.15) is 5.75 Å². The molecule has 2 heteroatoms. The lowest BCUT2D eigenvalue weighted by atomic mass is 10.1. The summed E-state index contributed by atoms with van der Waals surface area (Å²) < 4.78 is 7.73. The highest BCUT2D eigenvalue weighted by molar-refractivity contribution is 5.88. The van der Waals surface area contributed by atoms with Crippen LogP contribution in [0.25, 0.3) is 22.2 Å². The van der Waals surface area contributed by atoms with Crippen molar-refractivity contribution in [1.29, 1.82) is 0 Å². The Morgan fingerprint density at radius 2 is 1.70 bits per heavy atom. The lowest BCUT2D eigenvalue weighted by Crippen LogP contribution is -2.02.